The summed E-state index contributed by atoms with van der Waals surface area (Å²) in [7, 11) is 1.79. The van der Waals surface area contributed by atoms with Gasteiger partial charge in [-0.15, -0.1) is 24.0 Å². The van der Waals surface area contributed by atoms with Gasteiger partial charge in [-0.05, 0) is 31.3 Å². The zero-order valence-corrected chi connectivity index (χ0v) is 17.5. The molecule has 7 heteroatoms. The normalized spacial score (nSPS) is 11.1. The van der Waals surface area contributed by atoms with Gasteiger partial charge in [0.2, 0.25) is 0 Å². The van der Waals surface area contributed by atoms with Crippen LogP contribution >= 0.6 is 35.7 Å². The third-order valence-electron chi connectivity index (χ3n) is 2.84. The Bertz CT molecular complexity index is 247. The molecule has 0 spiro atoms. The first-order valence-electron chi connectivity index (χ1n) is 7.94. The Morgan fingerprint density at radius 2 is 1.64 bits per heavy atom. The highest BCUT2D eigenvalue weighted by Crippen LogP contribution is 1.97. The van der Waals surface area contributed by atoms with Crippen LogP contribution in [0.5, 0.6) is 0 Å². The summed E-state index contributed by atoms with van der Waals surface area (Å²) >= 11 is 1.89. The lowest BCUT2D eigenvalue weighted by molar-refractivity contribution is 0.0487. The molecule has 0 atom stereocenters. The molecule has 0 saturated carbocycles. The molecule has 0 heterocycles. The van der Waals surface area contributed by atoms with E-state index in [4.69, 9.17) is 9.47 Å². The molecule has 134 valence electrons. The number of ether oxygens (including phenoxy) is 2. The molecule has 0 amide bonds. The van der Waals surface area contributed by atoms with Crippen LogP contribution in [0.25, 0.3) is 0 Å². The van der Waals surface area contributed by atoms with Gasteiger partial charge in [-0.3, -0.25) is 4.99 Å². The van der Waals surface area contributed by atoms with Crippen molar-refractivity contribution in [3.8, 4) is 0 Å². The molecule has 0 saturated heterocycles. The minimum absolute atomic E-state index is 0. The minimum atomic E-state index is 0. The van der Waals surface area contributed by atoms with Crippen LogP contribution in [-0.4, -0.2) is 64.5 Å². The second kappa shape index (κ2) is 21.3. The van der Waals surface area contributed by atoms with Gasteiger partial charge in [0.05, 0.1) is 19.8 Å². The Kier molecular flexibility index (Phi) is 23.7. The molecule has 22 heavy (non-hydrogen) atoms. The van der Waals surface area contributed by atoms with E-state index in [0.29, 0.717) is 19.8 Å². The highest BCUT2D eigenvalue weighted by atomic mass is 127. The molecule has 0 rings (SSSR count). The van der Waals surface area contributed by atoms with Gasteiger partial charge >= 0.3 is 0 Å². The number of unbranched alkanes of at least 4 members (excludes halogenated alkanes) is 2. The van der Waals surface area contributed by atoms with E-state index in [2.05, 4.69) is 28.8 Å². The number of guanidine groups is 1. The summed E-state index contributed by atoms with van der Waals surface area (Å²) in [6.45, 7) is 6.74. The summed E-state index contributed by atoms with van der Waals surface area (Å²) in [4.78, 5) is 4.18. The van der Waals surface area contributed by atoms with Gasteiger partial charge in [0, 0.05) is 26.7 Å². The highest BCUT2D eigenvalue weighted by Gasteiger charge is 1.96. The van der Waals surface area contributed by atoms with Crippen molar-refractivity contribution < 1.29 is 9.47 Å². The fourth-order valence-electron chi connectivity index (χ4n) is 1.61. The molecule has 5 nitrogen and oxygen atoms in total. The van der Waals surface area contributed by atoms with E-state index in [0.717, 1.165) is 32.1 Å². The zero-order chi connectivity index (χ0) is 15.6. The van der Waals surface area contributed by atoms with Crippen LogP contribution < -0.4 is 10.6 Å². The fraction of sp³-hybridized carbons (Fsp3) is 0.933. The lowest BCUT2D eigenvalue weighted by atomic mass is 10.3. The topological polar surface area (TPSA) is 54.9 Å². The van der Waals surface area contributed by atoms with Crippen molar-refractivity contribution in [3.05, 3.63) is 0 Å². The standard InChI is InChI=1S/C15H33N3O2S.HI/c1-4-5-10-19-12-13-20-11-9-18-15(16-2)17-8-6-7-14-21-3;/h4-14H2,1-3H3,(H2,16,17,18);1H. The predicted octanol–water partition coefficient (Wildman–Crippen LogP) is 2.75. The van der Waals surface area contributed by atoms with E-state index in [1.165, 1.54) is 25.0 Å². The lowest BCUT2D eigenvalue weighted by Crippen LogP contribution is -2.39. The summed E-state index contributed by atoms with van der Waals surface area (Å²) in [5.74, 6) is 2.07. The number of aliphatic imine (C=N–C) groups is 1. The summed E-state index contributed by atoms with van der Waals surface area (Å²) in [5, 5.41) is 6.54. The Morgan fingerprint density at radius 3 is 2.27 bits per heavy atom. The molecule has 0 aliphatic rings. The smallest absolute Gasteiger partial charge is 0.191 e. The van der Waals surface area contributed by atoms with E-state index < -0.39 is 0 Å². The molecule has 0 aliphatic heterocycles. The molecule has 0 radical (unpaired) electrons. The van der Waals surface area contributed by atoms with E-state index in [1.54, 1.807) is 7.05 Å². The maximum absolute atomic E-state index is 5.49. The largest absolute Gasteiger partial charge is 0.379 e. The van der Waals surface area contributed by atoms with Gasteiger partial charge in [-0.25, -0.2) is 0 Å². The number of thioether (sulfide) groups is 1. The quantitative estimate of drug-likeness (QED) is 0.186. The van der Waals surface area contributed by atoms with E-state index in [1.807, 2.05) is 11.8 Å². The van der Waals surface area contributed by atoms with Gasteiger partial charge in [0.15, 0.2) is 5.96 Å². The Morgan fingerprint density at radius 1 is 0.955 bits per heavy atom. The number of nitrogens with one attached hydrogen (secondary N) is 2. The predicted molar refractivity (Wildman–Crippen MR) is 109 cm³/mol. The van der Waals surface area contributed by atoms with Crippen LogP contribution in [0.2, 0.25) is 0 Å². The molecule has 0 aliphatic carbocycles. The van der Waals surface area contributed by atoms with Crippen molar-refractivity contribution in [2.75, 3.05) is 58.6 Å². The SMILES string of the molecule is CCCCOCCOCCNC(=NC)NCCCCSC.I. The molecular weight excluding hydrogens is 413 g/mol. The molecule has 0 aromatic heterocycles. The second-order valence-corrected chi connectivity index (χ2v) is 5.69. The molecule has 0 unspecified atom stereocenters. The third kappa shape index (κ3) is 18.3. The van der Waals surface area contributed by atoms with Crippen molar-refractivity contribution >= 4 is 41.7 Å². The third-order valence-corrected chi connectivity index (χ3v) is 3.54. The molecule has 0 aromatic rings. The highest BCUT2D eigenvalue weighted by molar-refractivity contribution is 14.0. The minimum Gasteiger partial charge on any atom is -0.379 e. The van der Waals surface area contributed by atoms with Gasteiger partial charge < -0.3 is 20.1 Å². The van der Waals surface area contributed by atoms with Gasteiger partial charge in [-0.2, -0.15) is 11.8 Å². The molecule has 0 aromatic carbocycles. The van der Waals surface area contributed by atoms with Crippen LogP contribution in [0.4, 0.5) is 0 Å². The maximum atomic E-state index is 5.49. The maximum Gasteiger partial charge on any atom is 0.191 e. The molecule has 0 bridgehead atoms. The second-order valence-electron chi connectivity index (χ2n) is 4.70. The van der Waals surface area contributed by atoms with Gasteiger partial charge in [-0.1, -0.05) is 13.3 Å². The van der Waals surface area contributed by atoms with Crippen molar-refractivity contribution in [3.63, 3.8) is 0 Å². The van der Waals surface area contributed by atoms with Gasteiger partial charge in [0.25, 0.3) is 0 Å². The van der Waals surface area contributed by atoms with Crippen LogP contribution in [0.15, 0.2) is 4.99 Å². The number of rotatable bonds is 14. The number of hydrogen-bond donors (Lipinski definition) is 2. The Hall–Kier alpha value is 0.270. The van der Waals surface area contributed by atoms with Crippen molar-refractivity contribution in [2.24, 2.45) is 4.99 Å². The van der Waals surface area contributed by atoms with E-state index in [-0.39, 0.29) is 24.0 Å². The molecule has 0 fully saturated rings. The average Bonchev–Trinajstić information content (AvgIpc) is 2.51. The van der Waals surface area contributed by atoms with Gasteiger partial charge in [0.1, 0.15) is 0 Å². The van der Waals surface area contributed by atoms with Crippen LogP contribution in [-0.2, 0) is 9.47 Å². The summed E-state index contributed by atoms with van der Waals surface area (Å²) < 4.78 is 10.9. The first kappa shape index (κ1) is 24.5. The Labute approximate surface area is 157 Å². The van der Waals surface area contributed by atoms with E-state index in [9.17, 15) is 0 Å². The first-order chi connectivity index (χ1) is 10.3. The number of nitrogens with zero attached hydrogens (tertiary/aromatic N) is 1. The Balaban J connectivity index is 0. The van der Waals surface area contributed by atoms with Crippen molar-refractivity contribution in [1.82, 2.24) is 10.6 Å². The summed E-state index contributed by atoms with van der Waals surface area (Å²) in [6.07, 6.45) is 6.86. The molecular formula is C15H34IN3O2S. The summed E-state index contributed by atoms with van der Waals surface area (Å²) in [6, 6.07) is 0. The first-order valence-corrected chi connectivity index (χ1v) is 9.33. The zero-order valence-electron chi connectivity index (χ0n) is 14.4. The summed E-state index contributed by atoms with van der Waals surface area (Å²) in [5.41, 5.74) is 0. The number of hydrogen-bond acceptors (Lipinski definition) is 4. The van der Waals surface area contributed by atoms with Crippen LogP contribution in [0, 0.1) is 0 Å². The number of halogens is 1. The van der Waals surface area contributed by atoms with Crippen molar-refractivity contribution in [2.45, 2.75) is 32.6 Å². The van der Waals surface area contributed by atoms with Crippen molar-refractivity contribution in [1.29, 1.82) is 0 Å². The fourth-order valence-corrected chi connectivity index (χ4v) is 2.10. The average molecular weight is 447 g/mol. The van der Waals surface area contributed by atoms with Crippen LogP contribution in [0.1, 0.15) is 32.6 Å². The lowest BCUT2D eigenvalue weighted by Gasteiger charge is -2.12. The van der Waals surface area contributed by atoms with Crippen LogP contribution in [0.3, 0.4) is 0 Å². The molecule has 2 N–H and O–H groups in total. The van der Waals surface area contributed by atoms with E-state index >= 15 is 0 Å². The monoisotopic (exact) mass is 447 g/mol.